The molecule has 2 amide bonds. The number of carbonyl (C=O) groups is 2. The van der Waals surface area contributed by atoms with Gasteiger partial charge in [-0.1, -0.05) is 6.07 Å². The Bertz CT molecular complexity index is 508. The minimum absolute atomic E-state index is 0.00212. The van der Waals surface area contributed by atoms with Gasteiger partial charge >= 0.3 is 12.0 Å². The Morgan fingerprint density at radius 3 is 2.59 bits per heavy atom. The molecular weight excluding hydrogens is 304 g/mol. The Morgan fingerprint density at radius 1 is 1.36 bits per heavy atom. The molecule has 1 aliphatic rings. The normalized spacial score (nSPS) is 24.3. The summed E-state index contributed by atoms with van der Waals surface area (Å²) in [6, 6.07) is 3.37. The van der Waals surface area contributed by atoms with Gasteiger partial charge in [-0.15, -0.1) is 11.3 Å². The van der Waals surface area contributed by atoms with Crippen molar-refractivity contribution in [2.75, 3.05) is 6.54 Å². The third-order valence-electron chi connectivity index (χ3n) is 4.06. The molecule has 122 valence electrons. The molecule has 0 spiro atoms. The molecule has 0 bridgehead atoms. The SMILES string of the molecule is CC(O)(CNC(=O)NC1CCC(C(=O)O)CC1)c1cccs1. The van der Waals surface area contributed by atoms with Gasteiger partial charge in [0.05, 0.1) is 12.5 Å². The van der Waals surface area contributed by atoms with E-state index >= 15 is 0 Å². The lowest BCUT2D eigenvalue weighted by Gasteiger charge is -2.28. The van der Waals surface area contributed by atoms with Gasteiger partial charge in [0.25, 0.3) is 0 Å². The number of aliphatic hydroxyl groups is 1. The number of hydrogen-bond donors (Lipinski definition) is 4. The number of hydrogen-bond acceptors (Lipinski definition) is 4. The van der Waals surface area contributed by atoms with Crippen molar-refractivity contribution in [3.05, 3.63) is 22.4 Å². The zero-order valence-electron chi connectivity index (χ0n) is 12.5. The van der Waals surface area contributed by atoms with Gasteiger partial charge in [-0.2, -0.15) is 0 Å². The molecule has 0 aliphatic heterocycles. The molecule has 1 atom stereocenters. The minimum atomic E-state index is -1.09. The van der Waals surface area contributed by atoms with Crippen LogP contribution in [0.3, 0.4) is 0 Å². The fourth-order valence-corrected chi connectivity index (χ4v) is 3.43. The summed E-state index contributed by atoms with van der Waals surface area (Å²) >= 11 is 1.44. The maximum absolute atomic E-state index is 11.9. The Balaban J connectivity index is 1.74. The third kappa shape index (κ3) is 4.45. The van der Waals surface area contributed by atoms with Crippen LogP contribution in [-0.2, 0) is 10.4 Å². The predicted molar refractivity (Wildman–Crippen MR) is 83.8 cm³/mol. The smallest absolute Gasteiger partial charge is 0.315 e. The first-order valence-electron chi connectivity index (χ1n) is 7.42. The molecule has 6 nitrogen and oxygen atoms in total. The Hall–Kier alpha value is -1.60. The third-order valence-corrected chi connectivity index (χ3v) is 5.18. The van der Waals surface area contributed by atoms with Crippen LogP contribution < -0.4 is 10.6 Å². The van der Waals surface area contributed by atoms with Crippen LogP contribution in [0.25, 0.3) is 0 Å². The number of carboxylic acids is 1. The molecule has 22 heavy (non-hydrogen) atoms. The number of rotatable bonds is 5. The molecule has 0 radical (unpaired) electrons. The minimum Gasteiger partial charge on any atom is -0.481 e. The predicted octanol–water partition coefficient (Wildman–Crippen LogP) is 1.90. The summed E-state index contributed by atoms with van der Waals surface area (Å²) in [5.74, 6) is -1.05. The van der Waals surface area contributed by atoms with Crippen LogP contribution in [0.15, 0.2) is 17.5 Å². The number of amides is 2. The largest absolute Gasteiger partial charge is 0.481 e. The van der Waals surface area contributed by atoms with Crippen LogP contribution in [0.5, 0.6) is 0 Å². The fourth-order valence-electron chi connectivity index (χ4n) is 2.65. The molecule has 0 saturated heterocycles. The van der Waals surface area contributed by atoms with Crippen molar-refractivity contribution in [2.24, 2.45) is 5.92 Å². The summed E-state index contributed by atoms with van der Waals surface area (Å²) in [4.78, 5) is 23.6. The highest BCUT2D eigenvalue weighted by atomic mass is 32.1. The average molecular weight is 326 g/mol. The topological polar surface area (TPSA) is 98.7 Å². The lowest BCUT2D eigenvalue weighted by atomic mass is 9.86. The van der Waals surface area contributed by atoms with Crippen molar-refractivity contribution in [1.29, 1.82) is 0 Å². The van der Waals surface area contributed by atoms with Crippen LogP contribution in [-0.4, -0.2) is 34.8 Å². The van der Waals surface area contributed by atoms with Gasteiger partial charge in [0.15, 0.2) is 0 Å². The molecule has 1 heterocycles. The van der Waals surface area contributed by atoms with Crippen LogP contribution in [0.2, 0.25) is 0 Å². The van der Waals surface area contributed by atoms with Crippen molar-refractivity contribution < 1.29 is 19.8 Å². The van der Waals surface area contributed by atoms with Gasteiger partial charge < -0.3 is 20.8 Å². The molecule has 7 heteroatoms. The molecule has 0 aromatic carbocycles. The molecule has 2 rings (SSSR count). The number of carbonyl (C=O) groups excluding carboxylic acids is 1. The van der Waals surface area contributed by atoms with E-state index in [1.807, 2.05) is 17.5 Å². The van der Waals surface area contributed by atoms with Crippen molar-refractivity contribution in [3.8, 4) is 0 Å². The molecule has 1 aromatic heterocycles. The monoisotopic (exact) mass is 326 g/mol. The van der Waals surface area contributed by atoms with Crippen LogP contribution in [0.4, 0.5) is 4.79 Å². The highest BCUT2D eigenvalue weighted by molar-refractivity contribution is 7.10. The van der Waals surface area contributed by atoms with Crippen molar-refractivity contribution >= 4 is 23.3 Å². The van der Waals surface area contributed by atoms with Crippen LogP contribution >= 0.6 is 11.3 Å². The highest BCUT2D eigenvalue weighted by Crippen LogP contribution is 2.25. The van der Waals surface area contributed by atoms with Crippen molar-refractivity contribution in [3.63, 3.8) is 0 Å². The number of aliphatic carboxylic acids is 1. The highest BCUT2D eigenvalue weighted by Gasteiger charge is 2.28. The molecular formula is C15H22N2O4S. The van der Waals surface area contributed by atoms with Gasteiger partial charge in [0, 0.05) is 10.9 Å². The van der Waals surface area contributed by atoms with E-state index in [1.165, 1.54) is 11.3 Å². The van der Waals surface area contributed by atoms with E-state index in [2.05, 4.69) is 10.6 Å². The van der Waals surface area contributed by atoms with Crippen molar-refractivity contribution in [1.82, 2.24) is 10.6 Å². The number of nitrogens with one attached hydrogen (secondary N) is 2. The Labute approximate surface area is 133 Å². The van der Waals surface area contributed by atoms with Crippen LogP contribution in [0.1, 0.15) is 37.5 Å². The summed E-state index contributed by atoms with van der Waals surface area (Å²) in [7, 11) is 0. The van der Waals surface area contributed by atoms with E-state index in [1.54, 1.807) is 6.92 Å². The number of thiophene rings is 1. The second-order valence-corrected chi connectivity index (χ2v) is 6.91. The second-order valence-electron chi connectivity index (χ2n) is 5.96. The molecule has 1 unspecified atom stereocenters. The molecule has 1 aromatic rings. The second kappa shape index (κ2) is 7.11. The molecule has 1 saturated carbocycles. The van der Waals surface area contributed by atoms with E-state index in [4.69, 9.17) is 5.11 Å². The summed E-state index contributed by atoms with van der Waals surface area (Å²) in [6.07, 6.45) is 2.53. The Kier molecular flexibility index (Phi) is 5.42. The number of urea groups is 1. The van der Waals surface area contributed by atoms with Crippen LogP contribution in [0, 0.1) is 5.92 Å². The first-order valence-corrected chi connectivity index (χ1v) is 8.30. The maximum atomic E-state index is 11.9. The van der Waals surface area contributed by atoms with E-state index in [9.17, 15) is 14.7 Å². The summed E-state index contributed by atoms with van der Waals surface area (Å²) in [5, 5.41) is 26.7. The van der Waals surface area contributed by atoms with Crippen molar-refractivity contribution in [2.45, 2.75) is 44.2 Å². The number of carboxylic acid groups (broad SMARTS) is 1. The van der Waals surface area contributed by atoms with E-state index in [-0.39, 0.29) is 24.5 Å². The fraction of sp³-hybridized carbons (Fsp3) is 0.600. The first-order chi connectivity index (χ1) is 10.4. The van der Waals surface area contributed by atoms with Gasteiger partial charge in [-0.3, -0.25) is 4.79 Å². The average Bonchev–Trinajstić information content (AvgIpc) is 3.01. The van der Waals surface area contributed by atoms with Gasteiger partial charge in [-0.25, -0.2) is 4.79 Å². The maximum Gasteiger partial charge on any atom is 0.315 e. The summed E-state index contributed by atoms with van der Waals surface area (Å²) in [5.41, 5.74) is -1.09. The summed E-state index contributed by atoms with van der Waals surface area (Å²) in [6.45, 7) is 1.79. The van der Waals surface area contributed by atoms with Gasteiger partial charge in [0.1, 0.15) is 5.60 Å². The zero-order chi connectivity index (χ0) is 16.2. The Morgan fingerprint density at radius 2 is 2.05 bits per heavy atom. The van der Waals surface area contributed by atoms with E-state index in [0.717, 1.165) is 4.88 Å². The lowest BCUT2D eigenvalue weighted by molar-refractivity contribution is -0.142. The lowest BCUT2D eigenvalue weighted by Crippen LogP contribution is -2.47. The molecule has 1 aliphatic carbocycles. The van der Waals surface area contributed by atoms with Gasteiger partial charge in [0.2, 0.25) is 0 Å². The first kappa shape index (κ1) is 16.8. The van der Waals surface area contributed by atoms with E-state index in [0.29, 0.717) is 25.7 Å². The zero-order valence-corrected chi connectivity index (χ0v) is 13.4. The standard InChI is InChI=1S/C15H22N2O4S/c1-15(21,12-3-2-8-22-12)9-16-14(20)17-11-6-4-10(5-7-11)13(18)19/h2-3,8,10-11,21H,4-7,9H2,1H3,(H,18,19)(H2,16,17,20). The molecule has 1 fully saturated rings. The van der Waals surface area contributed by atoms with E-state index < -0.39 is 11.6 Å². The quantitative estimate of drug-likeness (QED) is 0.664. The van der Waals surface area contributed by atoms with Gasteiger partial charge in [-0.05, 0) is 44.1 Å². The summed E-state index contributed by atoms with van der Waals surface area (Å²) < 4.78 is 0. The molecule has 4 N–H and O–H groups in total.